The number of halogens is 3. The van der Waals surface area contributed by atoms with Gasteiger partial charge in [0.2, 0.25) is 0 Å². The zero-order valence-electron chi connectivity index (χ0n) is 5.34. The van der Waals surface area contributed by atoms with Crippen LogP contribution >= 0.6 is 0 Å². The van der Waals surface area contributed by atoms with Crippen molar-refractivity contribution in [3.63, 3.8) is 0 Å². The van der Waals surface area contributed by atoms with E-state index in [0.29, 0.717) is 6.04 Å². The van der Waals surface area contributed by atoms with E-state index in [0.717, 1.165) is 0 Å². The molecular formula is C5H9F3N. The third-order valence-corrected chi connectivity index (χ3v) is 0.642. The average Bonchev–Trinajstić information content (AvgIpc) is 1.59. The lowest BCUT2D eigenvalue weighted by molar-refractivity contribution is -0.124. The minimum atomic E-state index is -4.10. The molecule has 0 aromatic carbocycles. The Hall–Kier alpha value is -0.250. The molecule has 55 valence electrons. The Bertz CT molecular complexity index is 76.8. The molecule has 0 aliphatic carbocycles. The number of hydrogen-bond acceptors (Lipinski definition) is 1. The second kappa shape index (κ2) is 3.06. The quantitative estimate of drug-likeness (QED) is 0.615. The van der Waals surface area contributed by atoms with Crippen LogP contribution in [0.5, 0.6) is 0 Å². The van der Waals surface area contributed by atoms with Crippen molar-refractivity contribution in [2.24, 2.45) is 0 Å². The van der Waals surface area contributed by atoms with Gasteiger partial charge in [0.1, 0.15) is 0 Å². The zero-order chi connectivity index (χ0) is 7.49. The van der Waals surface area contributed by atoms with Crippen LogP contribution in [0.2, 0.25) is 0 Å². The van der Waals surface area contributed by atoms with Crippen LogP contribution in [0.1, 0.15) is 13.8 Å². The number of alkyl halides is 3. The van der Waals surface area contributed by atoms with Crippen molar-refractivity contribution in [1.82, 2.24) is 5.32 Å². The maximum atomic E-state index is 11.3. The maximum absolute atomic E-state index is 11.3. The summed E-state index contributed by atoms with van der Waals surface area (Å²) in [7, 11) is 0. The topological polar surface area (TPSA) is 12.0 Å². The highest BCUT2D eigenvalue weighted by atomic mass is 19.4. The van der Waals surface area contributed by atoms with Gasteiger partial charge in [-0.2, -0.15) is 13.2 Å². The third kappa shape index (κ3) is 7.75. The Kier molecular flexibility index (Phi) is 2.97. The number of rotatable bonds is 2. The van der Waals surface area contributed by atoms with Gasteiger partial charge < -0.3 is 5.32 Å². The molecule has 0 aliphatic heterocycles. The molecule has 0 rings (SSSR count). The Morgan fingerprint density at radius 1 is 1.33 bits per heavy atom. The molecule has 0 aromatic rings. The predicted molar refractivity (Wildman–Crippen MR) is 28.6 cm³/mol. The third-order valence-electron chi connectivity index (χ3n) is 0.642. The van der Waals surface area contributed by atoms with Crippen molar-refractivity contribution in [2.45, 2.75) is 20.0 Å². The van der Waals surface area contributed by atoms with Crippen LogP contribution in [-0.4, -0.2) is 12.7 Å². The highest BCUT2D eigenvalue weighted by molar-refractivity contribution is 4.74. The molecule has 0 heterocycles. The second-order valence-electron chi connectivity index (χ2n) is 1.97. The van der Waals surface area contributed by atoms with E-state index in [4.69, 9.17) is 0 Å². The van der Waals surface area contributed by atoms with Gasteiger partial charge >= 0.3 is 6.18 Å². The Morgan fingerprint density at radius 3 is 1.89 bits per heavy atom. The van der Waals surface area contributed by atoms with Crippen molar-refractivity contribution in [1.29, 1.82) is 0 Å². The highest BCUT2D eigenvalue weighted by Crippen LogP contribution is 2.12. The molecule has 1 N–H and O–H groups in total. The first-order chi connectivity index (χ1) is 3.92. The molecule has 0 saturated heterocycles. The highest BCUT2D eigenvalue weighted by Gasteiger charge is 2.26. The van der Waals surface area contributed by atoms with Crippen molar-refractivity contribution in [2.75, 3.05) is 6.54 Å². The zero-order valence-corrected chi connectivity index (χ0v) is 5.34. The van der Waals surface area contributed by atoms with Gasteiger partial charge in [0.25, 0.3) is 0 Å². The molecule has 1 radical (unpaired) electrons. The van der Waals surface area contributed by atoms with E-state index in [2.05, 4.69) is 5.32 Å². The van der Waals surface area contributed by atoms with Crippen molar-refractivity contribution >= 4 is 0 Å². The largest absolute Gasteiger partial charge is 0.401 e. The van der Waals surface area contributed by atoms with E-state index in [-0.39, 0.29) is 0 Å². The first kappa shape index (κ1) is 8.75. The minimum Gasteiger partial charge on any atom is -0.302 e. The van der Waals surface area contributed by atoms with Gasteiger partial charge in [-0.15, -0.1) is 0 Å². The summed E-state index contributed by atoms with van der Waals surface area (Å²) in [6.07, 6.45) is -4.10. The molecular weight excluding hydrogens is 131 g/mol. The SMILES string of the molecule is C[C](C)NCC(F)(F)F. The lowest BCUT2D eigenvalue weighted by Crippen LogP contribution is -2.29. The van der Waals surface area contributed by atoms with Gasteiger partial charge in [0, 0.05) is 6.04 Å². The fraction of sp³-hybridized carbons (Fsp3) is 0.800. The minimum absolute atomic E-state index is 0.576. The smallest absolute Gasteiger partial charge is 0.302 e. The molecule has 0 fully saturated rings. The molecule has 0 amide bonds. The van der Waals surface area contributed by atoms with Crippen molar-refractivity contribution in [3.8, 4) is 0 Å². The van der Waals surface area contributed by atoms with Crippen LogP contribution in [0.15, 0.2) is 0 Å². The summed E-state index contributed by atoms with van der Waals surface area (Å²) < 4.78 is 34.0. The normalized spacial score (nSPS) is 12.7. The molecule has 4 heteroatoms. The van der Waals surface area contributed by atoms with E-state index in [1.54, 1.807) is 13.8 Å². The molecule has 0 unspecified atom stereocenters. The van der Waals surface area contributed by atoms with Crippen LogP contribution in [0.3, 0.4) is 0 Å². The van der Waals surface area contributed by atoms with Crippen molar-refractivity contribution in [3.05, 3.63) is 6.04 Å². The molecule has 9 heavy (non-hydrogen) atoms. The van der Waals surface area contributed by atoms with E-state index in [9.17, 15) is 13.2 Å². The summed E-state index contributed by atoms with van der Waals surface area (Å²) in [6.45, 7) is 2.24. The second-order valence-corrected chi connectivity index (χ2v) is 1.97. The molecule has 0 aromatic heterocycles. The Morgan fingerprint density at radius 2 is 1.78 bits per heavy atom. The molecule has 0 atom stereocenters. The van der Waals surface area contributed by atoms with Crippen molar-refractivity contribution < 1.29 is 13.2 Å². The van der Waals surface area contributed by atoms with E-state index < -0.39 is 12.7 Å². The summed E-state index contributed by atoms with van der Waals surface area (Å²) in [6, 6.07) is 0.576. The Labute approximate surface area is 52.2 Å². The first-order valence-corrected chi connectivity index (χ1v) is 2.52. The van der Waals surface area contributed by atoms with Gasteiger partial charge in [-0.05, 0) is 13.8 Å². The Balaban J connectivity index is 3.28. The first-order valence-electron chi connectivity index (χ1n) is 2.52. The molecule has 0 saturated carbocycles. The van der Waals surface area contributed by atoms with E-state index in [1.807, 2.05) is 0 Å². The van der Waals surface area contributed by atoms with Gasteiger partial charge in [-0.25, -0.2) is 0 Å². The summed E-state index contributed by atoms with van der Waals surface area (Å²) >= 11 is 0. The number of nitrogens with one attached hydrogen (secondary N) is 1. The lowest BCUT2D eigenvalue weighted by Gasteiger charge is -2.09. The van der Waals surface area contributed by atoms with E-state index >= 15 is 0 Å². The average molecular weight is 140 g/mol. The van der Waals surface area contributed by atoms with Crippen LogP contribution in [0, 0.1) is 6.04 Å². The monoisotopic (exact) mass is 140 g/mol. The van der Waals surface area contributed by atoms with Crippen LogP contribution in [0.25, 0.3) is 0 Å². The fourth-order valence-corrected chi connectivity index (χ4v) is 0.277. The summed E-state index contributed by atoms with van der Waals surface area (Å²) in [5.41, 5.74) is 0. The summed E-state index contributed by atoms with van der Waals surface area (Å²) in [5.74, 6) is 0. The molecule has 0 bridgehead atoms. The van der Waals surface area contributed by atoms with Crippen LogP contribution in [-0.2, 0) is 0 Å². The standard InChI is InChI=1S/C5H9F3N/c1-4(2)9-3-5(6,7)8/h9H,3H2,1-2H3. The maximum Gasteiger partial charge on any atom is 0.401 e. The lowest BCUT2D eigenvalue weighted by atomic mass is 10.4. The van der Waals surface area contributed by atoms with Crippen LogP contribution in [0.4, 0.5) is 13.2 Å². The number of hydrogen-bond donors (Lipinski definition) is 1. The van der Waals surface area contributed by atoms with Gasteiger partial charge in [-0.3, -0.25) is 0 Å². The van der Waals surface area contributed by atoms with Gasteiger partial charge in [0.05, 0.1) is 6.54 Å². The molecule has 1 nitrogen and oxygen atoms in total. The molecule has 0 aliphatic rings. The summed E-state index contributed by atoms with van der Waals surface area (Å²) in [4.78, 5) is 0. The van der Waals surface area contributed by atoms with Crippen LogP contribution < -0.4 is 5.32 Å². The molecule has 0 spiro atoms. The summed E-state index contributed by atoms with van der Waals surface area (Å²) in [5, 5.41) is 2.18. The van der Waals surface area contributed by atoms with Gasteiger partial charge in [-0.1, -0.05) is 0 Å². The van der Waals surface area contributed by atoms with Gasteiger partial charge in [0.15, 0.2) is 0 Å². The fourth-order valence-electron chi connectivity index (χ4n) is 0.277. The predicted octanol–water partition coefficient (Wildman–Crippen LogP) is 1.71. The van der Waals surface area contributed by atoms with E-state index in [1.165, 1.54) is 0 Å².